The number of anilines is 2. The van der Waals surface area contributed by atoms with Crippen LogP contribution in [0.3, 0.4) is 0 Å². The quantitative estimate of drug-likeness (QED) is 0.699. The van der Waals surface area contributed by atoms with E-state index in [2.05, 4.69) is 16.0 Å². The molecule has 142 valence electrons. The third-order valence-corrected chi connectivity index (χ3v) is 3.82. The molecule has 27 heavy (non-hydrogen) atoms. The third kappa shape index (κ3) is 5.85. The fourth-order valence-electron chi connectivity index (χ4n) is 2.47. The summed E-state index contributed by atoms with van der Waals surface area (Å²) in [7, 11) is 1.50. The smallest absolute Gasteiger partial charge is 0.255 e. The van der Waals surface area contributed by atoms with E-state index in [0.29, 0.717) is 22.7 Å². The van der Waals surface area contributed by atoms with Gasteiger partial charge in [0, 0.05) is 31.3 Å². The number of benzene rings is 2. The molecule has 2 aromatic rings. The summed E-state index contributed by atoms with van der Waals surface area (Å²) in [6.07, 6.45) is 0.116. The molecule has 3 N–H and O–H groups in total. The summed E-state index contributed by atoms with van der Waals surface area (Å²) in [6.45, 7) is 3.46. The van der Waals surface area contributed by atoms with Gasteiger partial charge in [-0.1, -0.05) is 18.2 Å². The van der Waals surface area contributed by atoms with E-state index in [0.717, 1.165) is 5.56 Å². The number of para-hydroxylation sites is 1. The number of ether oxygens (including phenoxy) is 1. The maximum absolute atomic E-state index is 12.2. The van der Waals surface area contributed by atoms with Crippen molar-refractivity contribution in [3.8, 4) is 5.75 Å². The Balaban J connectivity index is 1.89. The summed E-state index contributed by atoms with van der Waals surface area (Å²) in [4.78, 5) is 35.5. The van der Waals surface area contributed by atoms with Crippen molar-refractivity contribution in [3.63, 3.8) is 0 Å². The molecule has 0 spiro atoms. The molecule has 7 nitrogen and oxygen atoms in total. The van der Waals surface area contributed by atoms with Crippen LogP contribution in [0.4, 0.5) is 11.4 Å². The highest BCUT2D eigenvalue weighted by Gasteiger charge is 2.12. The van der Waals surface area contributed by atoms with Gasteiger partial charge in [-0.15, -0.1) is 0 Å². The second-order valence-corrected chi connectivity index (χ2v) is 5.97. The molecular formula is C20H23N3O4. The van der Waals surface area contributed by atoms with Crippen LogP contribution < -0.4 is 20.7 Å². The van der Waals surface area contributed by atoms with E-state index in [1.807, 2.05) is 13.0 Å². The van der Waals surface area contributed by atoms with Gasteiger partial charge in [-0.3, -0.25) is 14.4 Å². The largest absolute Gasteiger partial charge is 0.496 e. The van der Waals surface area contributed by atoms with E-state index in [9.17, 15) is 14.4 Å². The fraction of sp³-hybridized carbons (Fsp3) is 0.250. The minimum Gasteiger partial charge on any atom is -0.496 e. The number of methoxy groups -OCH3 is 1. The summed E-state index contributed by atoms with van der Waals surface area (Å²) in [5, 5.41) is 8.17. The first-order valence-electron chi connectivity index (χ1n) is 8.50. The number of rotatable bonds is 7. The zero-order valence-electron chi connectivity index (χ0n) is 15.6. The SMILES string of the molecule is COc1ccccc1C(=O)NCCC(=O)Nc1cc(NC(C)=O)ccc1C. The van der Waals surface area contributed by atoms with Gasteiger partial charge in [0.25, 0.3) is 5.91 Å². The Bertz CT molecular complexity index is 849. The summed E-state index contributed by atoms with van der Waals surface area (Å²) in [6, 6.07) is 12.2. The van der Waals surface area contributed by atoms with Crippen LogP contribution in [0.15, 0.2) is 42.5 Å². The first-order valence-corrected chi connectivity index (χ1v) is 8.50. The van der Waals surface area contributed by atoms with Gasteiger partial charge in [-0.25, -0.2) is 0 Å². The van der Waals surface area contributed by atoms with Crippen molar-refractivity contribution in [2.24, 2.45) is 0 Å². The molecule has 0 aliphatic heterocycles. The molecule has 0 radical (unpaired) electrons. The molecule has 7 heteroatoms. The van der Waals surface area contributed by atoms with Gasteiger partial charge in [0.2, 0.25) is 11.8 Å². The summed E-state index contributed by atoms with van der Waals surface area (Å²) in [5.41, 5.74) is 2.50. The molecule has 0 fully saturated rings. The molecule has 0 aromatic heterocycles. The highest BCUT2D eigenvalue weighted by Crippen LogP contribution is 2.20. The van der Waals surface area contributed by atoms with E-state index in [-0.39, 0.29) is 30.7 Å². The van der Waals surface area contributed by atoms with Crippen molar-refractivity contribution in [2.45, 2.75) is 20.3 Å². The predicted octanol–water partition coefficient (Wildman–Crippen LogP) is 2.72. The standard InChI is InChI=1S/C20H23N3O4/c1-13-8-9-15(22-14(2)24)12-17(13)23-19(25)10-11-21-20(26)16-6-4-5-7-18(16)27-3/h4-9,12H,10-11H2,1-3H3,(H,21,26)(H,22,24)(H,23,25). The average Bonchev–Trinajstić information content (AvgIpc) is 2.63. The number of carbonyl (C=O) groups is 3. The van der Waals surface area contributed by atoms with Crippen LogP contribution in [0.25, 0.3) is 0 Å². The minimum absolute atomic E-state index is 0.116. The van der Waals surface area contributed by atoms with Crippen LogP contribution in [0.5, 0.6) is 5.75 Å². The average molecular weight is 369 g/mol. The van der Waals surface area contributed by atoms with E-state index in [4.69, 9.17) is 4.74 Å². The van der Waals surface area contributed by atoms with Gasteiger partial charge in [-0.2, -0.15) is 0 Å². The topological polar surface area (TPSA) is 96.5 Å². The van der Waals surface area contributed by atoms with Gasteiger partial charge in [0.1, 0.15) is 5.75 Å². The maximum Gasteiger partial charge on any atom is 0.255 e. The lowest BCUT2D eigenvalue weighted by Gasteiger charge is -2.12. The van der Waals surface area contributed by atoms with Crippen LogP contribution in [-0.2, 0) is 9.59 Å². The number of hydrogen-bond donors (Lipinski definition) is 3. The van der Waals surface area contributed by atoms with Gasteiger partial charge < -0.3 is 20.7 Å². The van der Waals surface area contributed by atoms with Crippen LogP contribution in [0, 0.1) is 6.92 Å². The van der Waals surface area contributed by atoms with E-state index in [1.165, 1.54) is 14.0 Å². The Morgan fingerprint density at radius 2 is 1.78 bits per heavy atom. The second kappa shape index (κ2) is 9.38. The van der Waals surface area contributed by atoms with Crippen LogP contribution in [0.2, 0.25) is 0 Å². The van der Waals surface area contributed by atoms with Crippen molar-refractivity contribution in [2.75, 3.05) is 24.3 Å². The van der Waals surface area contributed by atoms with Crippen molar-refractivity contribution in [3.05, 3.63) is 53.6 Å². The monoisotopic (exact) mass is 369 g/mol. The van der Waals surface area contributed by atoms with Crippen LogP contribution in [0.1, 0.15) is 29.3 Å². The van der Waals surface area contributed by atoms with Crippen molar-refractivity contribution in [1.82, 2.24) is 5.32 Å². The molecular weight excluding hydrogens is 346 g/mol. The number of amides is 3. The first-order chi connectivity index (χ1) is 12.9. The minimum atomic E-state index is -0.302. The lowest BCUT2D eigenvalue weighted by Crippen LogP contribution is -2.28. The highest BCUT2D eigenvalue weighted by atomic mass is 16.5. The number of carbonyl (C=O) groups excluding carboxylic acids is 3. The molecule has 2 rings (SSSR count). The molecule has 0 unspecified atom stereocenters. The summed E-state index contributed by atoms with van der Waals surface area (Å²) < 4.78 is 5.15. The van der Waals surface area contributed by atoms with Gasteiger partial charge in [0.05, 0.1) is 12.7 Å². The van der Waals surface area contributed by atoms with E-state index >= 15 is 0 Å². The van der Waals surface area contributed by atoms with Gasteiger partial charge in [-0.05, 0) is 36.8 Å². The second-order valence-electron chi connectivity index (χ2n) is 5.97. The number of hydrogen-bond acceptors (Lipinski definition) is 4. The summed E-state index contributed by atoms with van der Waals surface area (Å²) >= 11 is 0. The lowest BCUT2D eigenvalue weighted by molar-refractivity contribution is -0.116. The predicted molar refractivity (Wildman–Crippen MR) is 104 cm³/mol. The van der Waals surface area contributed by atoms with Crippen LogP contribution in [-0.4, -0.2) is 31.4 Å². The van der Waals surface area contributed by atoms with Crippen molar-refractivity contribution < 1.29 is 19.1 Å². The molecule has 0 bridgehead atoms. The van der Waals surface area contributed by atoms with Crippen LogP contribution >= 0.6 is 0 Å². The van der Waals surface area contributed by atoms with Crippen molar-refractivity contribution >= 4 is 29.1 Å². The molecule has 3 amide bonds. The third-order valence-electron chi connectivity index (χ3n) is 3.82. The Kier molecular flexibility index (Phi) is 6.93. The Morgan fingerprint density at radius 1 is 1.04 bits per heavy atom. The fourth-order valence-corrected chi connectivity index (χ4v) is 2.47. The van der Waals surface area contributed by atoms with E-state index in [1.54, 1.807) is 36.4 Å². The molecule has 0 atom stereocenters. The Morgan fingerprint density at radius 3 is 2.48 bits per heavy atom. The van der Waals surface area contributed by atoms with Crippen molar-refractivity contribution in [1.29, 1.82) is 0 Å². The molecule has 0 aliphatic rings. The molecule has 0 saturated carbocycles. The maximum atomic E-state index is 12.2. The summed E-state index contributed by atoms with van der Waals surface area (Å²) in [5.74, 6) is -0.248. The van der Waals surface area contributed by atoms with Gasteiger partial charge >= 0.3 is 0 Å². The Hall–Kier alpha value is -3.35. The normalized spacial score (nSPS) is 10.0. The van der Waals surface area contributed by atoms with Gasteiger partial charge in [0.15, 0.2) is 0 Å². The zero-order valence-corrected chi connectivity index (χ0v) is 15.6. The molecule has 2 aromatic carbocycles. The number of aryl methyl sites for hydroxylation is 1. The first kappa shape index (κ1) is 20.0. The number of nitrogens with one attached hydrogen (secondary N) is 3. The molecule has 0 saturated heterocycles. The van der Waals surface area contributed by atoms with E-state index < -0.39 is 0 Å². The molecule has 0 heterocycles. The highest BCUT2D eigenvalue weighted by molar-refractivity contribution is 5.98. The lowest BCUT2D eigenvalue weighted by atomic mass is 10.1. The zero-order chi connectivity index (χ0) is 19.8. The molecule has 0 aliphatic carbocycles. The Labute approximate surface area is 158 Å².